The lowest BCUT2D eigenvalue weighted by Gasteiger charge is -2.14. The highest BCUT2D eigenvalue weighted by molar-refractivity contribution is 8.03. The Morgan fingerprint density at radius 2 is 2.18 bits per heavy atom. The van der Waals surface area contributed by atoms with Crippen LogP contribution in [0.15, 0.2) is 11.0 Å². The molecule has 0 fully saturated rings. The second-order valence-corrected chi connectivity index (χ2v) is 4.07. The quantitative estimate of drug-likeness (QED) is 0.512. The smallest absolute Gasteiger partial charge is 0.0752 e. The first-order chi connectivity index (χ1) is 5.11. The molecule has 1 aliphatic heterocycles. The lowest BCUT2D eigenvalue weighted by molar-refractivity contribution is 0.659. The van der Waals surface area contributed by atoms with Gasteiger partial charge in [0.2, 0.25) is 0 Å². The molecule has 0 saturated heterocycles. The van der Waals surface area contributed by atoms with Crippen LogP contribution in [0.5, 0.6) is 0 Å². The molecule has 3 nitrogen and oxygen atoms in total. The molecule has 1 heterocycles. The van der Waals surface area contributed by atoms with E-state index in [0.717, 1.165) is 12.0 Å². The summed E-state index contributed by atoms with van der Waals surface area (Å²) in [5, 5.41) is 2.51. The number of thioether (sulfide) groups is 1. The average Bonchev–Trinajstić information content (AvgIpc) is 2.33. The van der Waals surface area contributed by atoms with Crippen molar-refractivity contribution in [2.75, 3.05) is 0 Å². The Labute approximate surface area is 71.4 Å². The van der Waals surface area contributed by atoms with Crippen LogP contribution in [0.1, 0.15) is 13.3 Å². The van der Waals surface area contributed by atoms with Gasteiger partial charge in [-0.3, -0.25) is 0 Å². The second kappa shape index (κ2) is 3.58. The minimum Gasteiger partial charge on any atom is -0.327 e. The summed E-state index contributed by atoms with van der Waals surface area (Å²) in [4.78, 5) is 0. The highest BCUT2D eigenvalue weighted by Crippen LogP contribution is 2.31. The van der Waals surface area contributed by atoms with Crippen molar-refractivity contribution in [3.05, 3.63) is 11.0 Å². The molecular weight excluding hydrogens is 158 g/mol. The lowest BCUT2D eigenvalue weighted by atomic mass is 10.1. The van der Waals surface area contributed by atoms with Gasteiger partial charge in [0, 0.05) is 11.3 Å². The Morgan fingerprint density at radius 3 is 2.45 bits per heavy atom. The molecule has 11 heavy (non-hydrogen) atoms. The monoisotopic (exact) mass is 173 g/mol. The van der Waals surface area contributed by atoms with E-state index in [4.69, 9.17) is 17.2 Å². The Morgan fingerprint density at radius 1 is 1.55 bits per heavy atom. The first-order valence-electron chi connectivity index (χ1n) is 3.72. The van der Waals surface area contributed by atoms with E-state index in [0.29, 0.717) is 5.25 Å². The van der Waals surface area contributed by atoms with Crippen LogP contribution in [0.4, 0.5) is 0 Å². The molecule has 0 bridgehead atoms. The summed E-state index contributed by atoms with van der Waals surface area (Å²) < 4.78 is 0. The van der Waals surface area contributed by atoms with E-state index < -0.39 is 0 Å². The third-order valence-electron chi connectivity index (χ3n) is 1.85. The van der Waals surface area contributed by atoms with Crippen LogP contribution in [0, 0.1) is 0 Å². The summed E-state index contributed by atoms with van der Waals surface area (Å²) in [6.45, 7) is 2.01. The number of rotatable bonds is 2. The molecule has 4 heteroatoms. The minimum atomic E-state index is -0.300. The summed E-state index contributed by atoms with van der Waals surface area (Å²) in [6, 6.07) is 0.215. The van der Waals surface area contributed by atoms with Crippen molar-refractivity contribution in [2.24, 2.45) is 17.2 Å². The molecule has 1 unspecified atom stereocenters. The van der Waals surface area contributed by atoms with Crippen molar-refractivity contribution in [1.29, 1.82) is 0 Å². The van der Waals surface area contributed by atoms with Crippen LogP contribution in [-0.2, 0) is 0 Å². The molecule has 0 radical (unpaired) electrons. The minimum absolute atomic E-state index is 0.215. The van der Waals surface area contributed by atoms with Crippen LogP contribution < -0.4 is 17.2 Å². The van der Waals surface area contributed by atoms with Gasteiger partial charge in [-0.1, -0.05) is 0 Å². The summed E-state index contributed by atoms with van der Waals surface area (Å²) in [7, 11) is 0. The van der Waals surface area contributed by atoms with Crippen molar-refractivity contribution in [2.45, 2.75) is 30.8 Å². The first-order valence-corrected chi connectivity index (χ1v) is 4.66. The molecule has 0 spiro atoms. The third-order valence-corrected chi connectivity index (χ3v) is 3.23. The van der Waals surface area contributed by atoms with E-state index in [2.05, 4.69) is 0 Å². The van der Waals surface area contributed by atoms with Crippen LogP contribution in [0.25, 0.3) is 0 Å². The van der Waals surface area contributed by atoms with Gasteiger partial charge >= 0.3 is 0 Å². The lowest BCUT2D eigenvalue weighted by Crippen LogP contribution is -2.34. The zero-order valence-corrected chi connectivity index (χ0v) is 7.47. The third kappa shape index (κ3) is 2.20. The van der Waals surface area contributed by atoms with E-state index in [1.54, 1.807) is 11.8 Å². The Hall–Kier alpha value is -0.0300. The summed E-state index contributed by atoms with van der Waals surface area (Å²) in [5.41, 5.74) is 17.9. The van der Waals surface area contributed by atoms with Gasteiger partial charge in [0.05, 0.1) is 6.17 Å². The van der Waals surface area contributed by atoms with Gasteiger partial charge in [-0.05, 0) is 24.3 Å². The topological polar surface area (TPSA) is 78.1 Å². The first kappa shape index (κ1) is 9.06. The SMILES string of the molecule is C[C@@H](N)C1CC(C(N)N)=CS1. The standard InChI is InChI=1S/C7H15N3S/c1-4(8)6-2-5(3-11-6)7(9)10/h3-4,6-7H,2,8-10H2,1H3/t4-,6?/m1/s1. The van der Waals surface area contributed by atoms with E-state index in [1.165, 1.54) is 0 Å². The predicted molar refractivity (Wildman–Crippen MR) is 49.9 cm³/mol. The van der Waals surface area contributed by atoms with Crippen molar-refractivity contribution in [3.63, 3.8) is 0 Å². The molecule has 0 aromatic carbocycles. The Bertz CT molecular complexity index is 165. The van der Waals surface area contributed by atoms with Gasteiger partial charge in [0.25, 0.3) is 0 Å². The fourth-order valence-electron chi connectivity index (χ4n) is 1.03. The molecule has 0 aliphatic carbocycles. The highest BCUT2D eigenvalue weighted by Gasteiger charge is 2.22. The highest BCUT2D eigenvalue weighted by atomic mass is 32.2. The maximum Gasteiger partial charge on any atom is 0.0752 e. The molecule has 6 N–H and O–H groups in total. The van der Waals surface area contributed by atoms with Gasteiger partial charge in [0.15, 0.2) is 0 Å². The van der Waals surface area contributed by atoms with Crippen LogP contribution >= 0.6 is 11.8 Å². The van der Waals surface area contributed by atoms with Crippen LogP contribution in [0.3, 0.4) is 0 Å². The number of hydrogen-bond acceptors (Lipinski definition) is 4. The van der Waals surface area contributed by atoms with E-state index in [-0.39, 0.29) is 12.2 Å². The number of nitrogens with two attached hydrogens (primary N) is 3. The van der Waals surface area contributed by atoms with E-state index >= 15 is 0 Å². The van der Waals surface area contributed by atoms with Crippen molar-refractivity contribution in [1.82, 2.24) is 0 Å². The maximum atomic E-state index is 5.72. The Balaban J connectivity index is 2.43. The normalized spacial score (nSPS) is 27.4. The summed E-state index contributed by atoms with van der Waals surface area (Å²) >= 11 is 1.74. The summed E-state index contributed by atoms with van der Waals surface area (Å²) in [6.07, 6.45) is 0.645. The number of hydrogen-bond donors (Lipinski definition) is 3. The van der Waals surface area contributed by atoms with Crippen molar-refractivity contribution >= 4 is 11.8 Å². The van der Waals surface area contributed by atoms with Gasteiger partial charge in [0.1, 0.15) is 0 Å². The van der Waals surface area contributed by atoms with Crippen molar-refractivity contribution in [3.8, 4) is 0 Å². The van der Waals surface area contributed by atoms with Gasteiger partial charge in [-0.2, -0.15) is 0 Å². The predicted octanol–water partition coefficient (Wildman–Crippen LogP) is -0.0335. The fraction of sp³-hybridized carbons (Fsp3) is 0.714. The van der Waals surface area contributed by atoms with Gasteiger partial charge < -0.3 is 17.2 Å². The molecule has 0 saturated carbocycles. The molecule has 2 atom stereocenters. The zero-order valence-electron chi connectivity index (χ0n) is 6.66. The fourth-order valence-corrected chi connectivity index (χ4v) is 2.17. The largest absolute Gasteiger partial charge is 0.327 e. The molecule has 0 amide bonds. The molecule has 1 aliphatic rings. The van der Waals surface area contributed by atoms with Crippen molar-refractivity contribution < 1.29 is 0 Å². The molecule has 0 aromatic rings. The Kier molecular flexibility index (Phi) is 2.95. The second-order valence-electron chi connectivity index (χ2n) is 2.96. The van der Waals surface area contributed by atoms with Gasteiger partial charge in [-0.25, -0.2) is 0 Å². The average molecular weight is 173 g/mol. The maximum absolute atomic E-state index is 5.72. The summed E-state index contributed by atoms with van der Waals surface area (Å²) in [5.74, 6) is 0. The van der Waals surface area contributed by atoms with E-state index in [9.17, 15) is 0 Å². The zero-order chi connectivity index (χ0) is 8.43. The molecular formula is C7H15N3S. The van der Waals surface area contributed by atoms with Crippen LogP contribution in [0.2, 0.25) is 0 Å². The van der Waals surface area contributed by atoms with Gasteiger partial charge in [-0.15, -0.1) is 11.8 Å². The molecule has 64 valence electrons. The molecule has 1 rings (SSSR count). The van der Waals surface area contributed by atoms with Crippen LogP contribution in [-0.4, -0.2) is 17.5 Å². The van der Waals surface area contributed by atoms with E-state index in [1.807, 2.05) is 12.3 Å². The molecule has 0 aromatic heterocycles.